The van der Waals surface area contributed by atoms with Crippen molar-refractivity contribution in [3.63, 3.8) is 0 Å². The van der Waals surface area contributed by atoms with Gasteiger partial charge in [-0.3, -0.25) is 9.59 Å². The molecule has 2 amide bonds. The van der Waals surface area contributed by atoms with E-state index in [2.05, 4.69) is 10.6 Å². The topological polar surface area (TPSA) is 84.2 Å². The Kier molecular flexibility index (Phi) is 6.70. The van der Waals surface area contributed by atoms with Gasteiger partial charge in [0.25, 0.3) is 0 Å². The highest BCUT2D eigenvalue weighted by molar-refractivity contribution is 5.80. The van der Waals surface area contributed by atoms with Crippen LogP contribution < -0.4 is 16.4 Å². The van der Waals surface area contributed by atoms with Crippen LogP contribution >= 0.6 is 0 Å². The molecule has 1 unspecified atom stereocenters. The van der Waals surface area contributed by atoms with E-state index in [4.69, 9.17) is 5.73 Å². The van der Waals surface area contributed by atoms with Gasteiger partial charge in [-0.1, -0.05) is 6.92 Å². The second-order valence-corrected chi connectivity index (χ2v) is 3.90. The summed E-state index contributed by atoms with van der Waals surface area (Å²) in [5.74, 6) is -0.348. The highest BCUT2D eigenvalue weighted by Gasteiger charge is 2.10. The normalized spacial score (nSPS) is 12.3. The number of nitrogens with two attached hydrogens (primary N) is 1. The van der Waals surface area contributed by atoms with Crippen molar-refractivity contribution in [2.75, 3.05) is 13.1 Å². The molecule has 0 bridgehead atoms. The fourth-order valence-electron chi connectivity index (χ4n) is 0.975. The molecule has 0 radical (unpaired) electrons. The lowest BCUT2D eigenvalue weighted by Crippen LogP contribution is -2.37. The van der Waals surface area contributed by atoms with Gasteiger partial charge < -0.3 is 16.4 Å². The van der Waals surface area contributed by atoms with E-state index in [0.29, 0.717) is 19.5 Å². The van der Waals surface area contributed by atoms with Crippen molar-refractivity contribution in [3.8, 4) is 0 Å². The molecule has 0 rings (SSSR count). The van der Waals surface area contributed by atoms with Crippen LogP contribution in [0.1, 0.15) is 27.2 Å². The number of hydrogen-bond donors (Lipinski definition) is 3. The van der Waals surface area contributed by atoms with Gasteiger partial charge in [-0.15, -0.1) is 0 Å². The average Bonchev–Trinajstić information content (AvgIpc) is 2.15. The van der Waals surface area contributed by atoms with Crippen molar-refractivity contribution in [1.29, 1.82) is 0 Å². The molecule has 0 aromatic carbocycles. The minimum Gasteiger partial charge on any atom is -0.355 e. The Balaban J connectivity index is 3.61. The van der Waals surface area contributed by atoms with Crippen molar-refractivity contribution in [2.24, 2.45) is 11.7 Å². The zero-order chi connectivity index (χ0) is 11.8. The standard InChI is InChI=1S/C10H21N3O2/c1-7(2)13-9(14)4-5-12-10(15)8(3)6-11/h7-8H,4-6,11H2,1-3H3,(H,12,15)(H,13,14). The first-order valence-corrected chi connectivity index (χ1v) is 5.24. The molecule has 0 spiro atoms. The number of carbonyl (C=O) groups excluding carboxylic acids is 2. The van der Waals surface area contributed by atoms with E-state index in [1.54, 1.807) is 6.92 Å². The van der Waals surface area contributed by atoms with Gasteiger partial charge >= 0.3 is 0 Å². The second-order valence-electron chi connectivity index (χ2n) is 3.90. The third kappa shape index (κ3) is 6.90. The minimum absolute atomic E-state index is 0.0503. The van der Waals surface area contributed by atoms with E-state index in [1.165, 1.54) is 0 Å². The van der Waals surface area contributed by atoms with E-state index >= 15 is 0 Å². The largest absolute Gasteiger partial charge is 0.355 e. The molecule has 5 heteroatoms. The molecule has 1 atom stereocenters. The number of hydrogen-bond acceptors (Lipinski definition) is 3. The molecule has 4 N–H and O–H groups in total. The van der Waals surface area contributed by atoms with Gasteiger partial charge in [0, 0.05) is 31.5 Å². The fraction of sp³-hybridized carbons (Fsp3) is 0.800. The van der Waals surface area contributed by atoms with Crippen molar-refractivity contribution < 1.29 is 9.59 Å². The molecule has 0 fully saturated rings. The lowest BCUT2D eigenvalue weighted by molar-refractivity contribution is -0.124. The van der Waals surface area contributed by atoms with Crippen molar-refractivity contribution in [1.82, 2.24) is 10.6 Å². The highest BCUT2D eigenvalue weighted by Crippen LogP contribution is 1.90. The zero-order valence-electron chi connectivity index (χ0n) is 9.67. The summed E-state index contributed by atoms with van der Waals surface area (Å²) in [4.78, 5) is 22.4. The molecule has 5 nitrogen and oxygen atoms in total. The first kappa shape index (κ1) is 13.9. The van der Waals surface area contributed by atoms with Crippen LogP contribution in [0, 0.1) is 5.92 Å². The number of amides is 2. The first-order valence-electron chi connectivity index (χ1n) is 5.24. The Bertz CT molecular complexity index is 217. The zero-order valence-corrected chi connectivity index (χ0v) is 9.67. The van der Waals surface area contributed by atoms with Crippen LogP contribution in [0.5, 0.6) is 0 Å². The van der Waals surface area contributed by atoms with Crippen molar-refractivity contribution in [2.45, 2.75) is 33.2 Å². The molecular weight excluding hydrogens is 194 g/mol. The summed E-state index contributed by atoms with van der Waals surface area (Å²) in [5.41, 5.74) is 5.33. The molecule has 0 saturated carbocycles. The molecule has 88 valence electrons. The Morgan fingerprint density at radius 3 is 2.33 bits per heavy atom. The SMILES string of the molecule is CC(C)NC(=O)CCNC(=O)C(C)CN. The fourth-order valence-corrected chi connectivity index (χ4v) is 0.975. The maximum atomic E-state index is 11.3. The first-order chi connectivity index (χ1) is 6.97. The van der Waals surface area contributed by atoms with Crippen LogP contribution in [0.25, 0.3) is 0 Å². The summed E-state index contributed by atoms with van der Waals surface area (Å²) >= 11 is 0. The maximum Gasteiger partial charge on any atom is 0.224 e. The predicted octanol–water partition coefficient (Wildman–Crippen LogP) is -0.388. The summed E-state index contributed by atoms with van der Waals surface area (Å²) in [7, 11) is 0. The van der Waals surface area contributed by atoms with Crippen molar-refractivity contribution in [3.05, 3.63) is 0 Å². The molecule has 0 aromatic heterocycles. The number of nitrogens with one attached hydrogen (secondary N) is 2. The van der Waals surface area contributed by atoms with E-state index in [9.17, 15) is 9.59 Å². The maximum absolute atomic E-state index is 11.3. The van der Waals surface area contributed by atoms with Crippen LogP contribution in [0.4, 0.5) is 0 Å². The van der Waals surface area contributed by atoms with Gasteiger partial charge in [0.1, 0.15) is 0 Å². The van der Waals surface area contributed by atoms with Gasteiger partial charge in [0.15, 0.2) is 0 Å². The van der Waals surface area contributed by atoms with Gasteiger partial charge in [-0.05, 0) is 13.8 Å². The van der Waals surface area contributed by atoms with Crippen molar-refractivity contribution >= 4 is 11.8 Å². The van der Waals surface area contributed by atoms with Gasteiger partial charge in [-0.25, -0.2) is 0 Å². The van der Waals surface area contributed by atoms with E-state index in [-0.39, 0.29) is 23.8 Å². The Hall–Kier alpha value is -1.10. The number of rotatable bonds is 6. The second kappa shape index (κ2) is 7.23. The Labute approximate surface area is 90.8 Å². The summed E-state index contributed by atoms with van der Waals surface area (Å²) in [6.45, 7) is 6.23. The molecule has 0 aliphatic rings. The van der Waals surface area contributed by atoms with Crippen LogP contribution in [-0.2, 0) is 9.59 Å². The molecule has 0 saturated heterocycles. The summed E-state index contributed by atoms with van der Waals surface area (Å²) in [6, 6.07) is 0.135. The lowest BCUT2D eigenvalue weighted by Gasteiger charge is -2.11. The quantitative estimate of drug-likeness (QED) is 0.564. The Morgan fingerprint density at radius 2 is 1.87 bits per heavy atom. The molecule has 0 heterocycles. The number of carbonyl (C=O) groups is 2. The van der Waals surface area contributed by atoms with Crippen LogP contribution in [-0.4, -0.2) is 30.9 Å². The third-order valence-electron chi connectivity index (χ3n) is 1.90. The van der Waals surface area contributed by atoms with Crippen LogP contribution in [0.15, 0.2) is 0 Å². The molecule has 15 heavy (non-hydrogen) atoms. The minimum atomic E-state index is -0.196. The van der Waals surface area contributed by atoms with E-state index < -0.39 is 0 Å². The summed E-state index contributed by atoms with van der Waals surface area (Å²) in [5, 5.41) is 5.40. The van der Waals surface area contributed by atoms with Crippen LogP contribution in [0.3, 0.4) is 0 Å². The van der Waals surface area contributed by atoms with Gasteiger partial charge in [0.05, 0.1) is 0 Å². The highest BCUT2D eigenvalue weighted by atomic mass is 16.2. The summed E-state index contributed by atoms with van der Waals surface area (Å²) in [6.07, 6.45) is 0.307. The molecular formula is C10H21N3O2. The third-order valence-corrected chi connectivity index (χ3v) is 1.90. The summed E-state index contributed by atoms with van der Waals surface area (Å²) < 4.78 is 0. The molecule has 0 aromatic rings. The Morgan fingerprint density at radius 1 is 1.27 bits per heavy atom. The van der Waals surface area contributed by atoms with E-state index in [0.717, 1.165) is 0 Å². The van der Waals surface area contributed by atoms with Gasteiger partial charge in [0.2, 0.25) is 11.8 Å². The van der Waals surface area contributed by atoms with Crippen LogP contribution in [0.2, 0.25) is 0 Å². The molecule has 0 aliphatic carbocycles. The smallest absolute Gasteiger partial charge is 0.224 e. The monoisotopic (exact) mass is 215 g/mol. The lowest BCUT2D eigenvalue weighted by atomic mass is 10.1. The van der Waals surface area contributed by atoms with Gasteiger partial charge in [-0.2, -0.15) is 0 Å². The molecule has 0 aliphatic heterocycles. The average molecular weight is 215 g/mol. The van der Waals surface area contributed by atoms with E-state index in [1.807, 2.05) is 13.8 Å². The predicted molar refractivity (Wildman–Crippen MR) is 59.1 cm³/mol.